The molecule has 0 spiro atoms. The summed E-state index contributed by atoms with van der Waals surface area (Å²) in [6.45, 7) is -0.240. The highest BCUT2D eigenvalue weighted by molar-refractivity contribution is 6.13. The van der Waals surface area contributed by atoms with Gasteiger partial charge in [-0.25, -0.2) is 4.84 Å². The number of nitrogens with one attached hydrogen (secondary N) is 1. The van der Waals surface area contributed by atoms with Gasteiger partial charge in [0.05, 0.1) is 17.8 Å². The highest BCUT2D eigenvalue weighted by Crippen LogP contribution is 2.34. The minimum absolute atomic E-state index is 0.150. The summed E-state index contributed by atoms with van der Waals surface area (Å²) in [5.41, 5.74) is -0.574. The lowest BCUT2D eigenvalue weighted by atomic mass is 10.0. The maximum absolute atomic E-state index is 13.6. The Kier molecular flexibility index (Phi) is 5.68. The molecule has 3 nitrogen and oxygen atoms in total. The average molecular weight is 393 g/mol. The lowest BCUT2D eigenvalue weighted by Crippen LogP contribution is -2.31. The Morgan fingerprint density at radius 2 is 1.56 bits per heavy atom. The van der Waals surface area contributed by atoms with E-state index in [-0.39, 0.29) is 18.8 Å². The van der Waals surface area contributed by atoms with Crippen molar-refractivity contribution in [3.05, 3.63) is 93.8 Å². The summed E-state index contributed by atoms with van der Waals surface area (Å²) in [6, 6.07) is 18.7. The molecular weight excluding hydrogens is 377 g/mol. The van der Waals surface area contributed by atoms with Gasteiger partial charge in [0.2, 0.25) is 0 Å². The molecule has 3 rings (SSSR count). The third-order valence-corrected chi connectivity index (χ3v) is 4.34. The number of rotatable bonds is 5. The van der Waals surface area contributed by atoms with E-state index in [1.807, 2.05) is 30.3 Å². The molecule has 1 N–H and O–H groups in total. The third kappa shape index (κ3) is 4.23. The molecule has 0 amide bonds. The predicted octanol–water partition coefficient (Wildman–Crippen LogP) is 4.83. The summed E-state index contributed by atoms with van der Waals surface area (Å²) < 4.78 is 42.1. The first kappa shape index (κ1) is 19.2. The van der Waals surface area contributed by atoms with Crippen LogP contribution in [0.4, 0.5) is 13.2 Å². The number of hydrogen-bond acceptors (Lipinski definition) is 2. The fourth-order valence-electron chi connectivity index (χ4n) is 2.95. The number of aromatic nitrogens is 1. The van der Waals surface area contributed by atoms with Crippen LogP contribution in [0.1, 0.15) is 16.7 Å². The second kappa shape index (κ2) is 7.98. The first-order valence-corrected chi connectivity index (χ1v) is 8.56. The van der Waals surface area contributed by atoms with Crippen molar-refractivity contribution in [2.24, 2.45) is 0 Å². The van der Waals surface area contributed by atoms with E-state index in [0.717, 1.165) is 11.6 Å². The molecule has 0 unspecified atom stereocenters. The summed E-state index contributed by atoms with van der Waals surface area (Å²) in [7, 11) is 0. The fraction of sp³-hybridized carbons (Fsp3) is 0.150. The van der Waals surface area contributed by atoms with Gasteiger partial charge in [-0.2, -0.15) is 13.2 Å². The maximum Gasteiger partial charge on any atom is 0.417 e. The smallest absolute Gasteiger partial charge is 0.304 e. The van der Waals surface area contributed by atoms with E-state index in [4.69, 9.17) is 11.8 Å². The molecule has 1 heterocycles. The summed E-state index contributed by atoms with van der Waals surface area (Å²) in [6.07, 6.45) is -4.67. The van der Waals surface area contributed by atoms with Gasteiger partial charge in [0.15, 0.2) is 0 Å². The number of pyridine rings is 1. The second-order valence-electron chi connectivity index (χ2n) is 5.97. The van der Waals surface area contributed by atoms with Crippen LogP contribution in [0, 0.1) is 0 Å². The highest BCUT2D eigenvalue weighted by Gasteiger charge is 2.36. The molecule has 27 heavy (non-hydrogen) atoms. The van der Waals surface area contributed by atoms with Gasteiger partial charge >= 0.3 is 6.18 Å². The molecule has 0 aliphatic rings. The van der Waals surface area contributed by atoms with Crippen molar-refractivity contribution in [3.63, 3.8) is 0 Å². The van der Waals surface area contributed by atoms with Crippen LogP contribution in [-0.4, -0.2) is 4.57 Å². The molecule has 1 aromatic heterocycles. The molecule has 0 aliphatic heterocycles. The summed E-state index contributed by atoms with van der Waals surface area (Å²) in [4.78, 5) is 15.1. The summed E-state index contributed by atoms with van der Waals surface area (Å²) >= 11 is 5.43. The van der Waals surface area contributed by atoms with Gasteiger partial charge in [-0.1, -0.05) is 60.7 Å². The normalized spacial score (nSPS) is 11.6. The quantitative estimate of drug-likeness (QED) is 0.631. The molecule has 0 radical (unpaired) electrons. The monoisotopic (exact) mass is 392 g/mol. The largest absolute Gasteiger partial charge is 0.417 e. The Morgan fingerprint density at radius 1 is 0.963 bits per heavy atom. The van der Waals surface area contributed by atoms with E-state index in [2.05, 4.69) is 4.84 Å². The minimum Gasteiger partial charge on any atom is -0.304 e. The Morgan fingerprint density at radius 3 is 2.11 bits per heavy atom. The first-order chi connectivity index (χ1) is 12.9. The van der Waals surface area contributed by atoms with Crippen LogP contribution in [0.5, 0.6) is 0 Å². The topological polar surface area (TPSA) is 34.0 Å². The van der Waals surface area contributed by atoms with Crippen molar-refractivity contribution in [3.8, 4) is 11.3 Å². The Balaban J connectivity index is 2.28. The van der Waals surface area contributed by atoms with E-state index in [1.165, 1.54) is 4.57 Å². The van der Waals surface area contributed by atoms with Gasteiger partial charge in [-0.3, -0.25) is 4.79 Å². The average Bonchev–Trinajstić information content (AvgIpc) is 2.66. The lowest BCUT2D eigenvalue weighted by molar-refractivity contribution is -0.138. The molecule has 140 valence electrons. The zero-order valence-corrected chi connectivity index (χ0v) is 14.9. The van der Waals surface area contributed by atoms with Crippen molar-refractivity contribution < 1.29 is 13.2 Å². The van der Waals surface area contributed by atoms with Gasteiger partial charge < -0.3 is 4.57 Å². The molecule has 0 atom stereocenters. The fourth-order valence-corrected chi connectivity index (χ4v) is 3.08. The van der Waals surface area contributed by atoms with Gasteiger partial charge in [-0.05, 0) is 29.0 Å². The number of benzene rings is 2. The Bertz CT molecular complexity index is 970. The number of hydrogen-bond donors (Lipinski definition) is 1. The second-order valence-corrected chi connectivity index (χ2v) is 6.24. The van der Waals surface area contributed by atoms with Gasteiger partial charge in [-0.15, -0.1) is 0 Å². The standard InChI is InChI=1S/C20H16ClF3N2O/c21-25-12-16-17(20(22,23)24)11-18(15-9-5-2-6-10-15)26(19(16)27)13-14-7-3-1-4-8-14/h1-11,25H,12-13H2. The molecule has 0 saturated heterocycles. The van der Waals surface area contributed by atoms with Crippen molar-refractivity contribution in [2.75, 3.05) is 0 Å². The Labute approximate surface area is 159 Å². The zero-order valence-electron chi connectivity index (χ0n) is 14.1. The van der Waals surface area contributed by atoms with Crippen LogP contribution in [0.3, 0.4) is 0 Å². The third-order valence-electron chi connectivity index (χ3n) is 4.20. The Hall–Kier alpha value is -2.57. The molecule has 0 saturated carbocycles. The van der Waals surface area contributed by atoms with E-state index >= 15 is 0 Å². The van der Waals surface area contributed by atoms with Gasteiger partial charge in [0, 0.05) is 12.1 Å². The SMILES string of the molecule is O=c1c(CNCl)c(C(F)(F)F)cc(-c2ccccc2)n1Cc1ccccc1. The van der Waals surface area contributed by atoms with Crippen LogP contribution >= 0.6 is 11.8 Å². The highest BCUT2D eigenvalue weighted by atomic mass is 35.5. The van der Waals surface area contributed by atoms with Crippen LogP contribution < -0.4 is 10.4 Å². The van der Waals surface area contributed by atoms with E-state index in [9.17, 15) is 18.0 Å². The maximum atomic E-state index is 13.6. The minimum atomic E-state index is -4.67. The molecule has 7 heteroatoms. The summed E-state index contributed by atoms with van der Waals surface area (Å²) in [5.74, 6) is 0. The predicted molar refractivity (Wildman–Crippen MR) is 99.4 cm³/mol. The van der Waals surface area contributed by atoms with Crippen molar-refractivity contribution >= 4 is 11.8 Å². The summed E-state index contributed by atoms with van der Waals surface area (Å²) in [5, 5.41) is 0. The van der Waals surface area contributed by atoms with Crippen LogP contribution in [0.15, 0.2) is 71.5 Å². The van der Waals surface area contributed by atoms with Crippen molar-refractivity contribution in [1.82, 2.24) is 9.40 Å². The van der Waals surface area contributed by atoms with Crippen molar-refractivity contribution in [2.45, 2.75) is 19.3 Å². The van der Waals surface area contributed by atoms with Crippen LogP contribution in [-0.2, 0) is 19.3 Å². The molecule has 2 aromatic carbocycles. The van der Waals surface area contributed by atoms with E-state index < -0.39 is 22.9 Å². The number of alkyl halides is 3. The van der Waals surface area contributed by atoms with Crippen LogP contribution in [0.2, 0.25) is 0 Å². The molecule has 0 aliphatic carbocycles. The molecule has 0 fully saturated rings. The van der Waals surface area contributed by atoms with E-state index in [0.29, 0.717) is 5.56 Å². The molecular formula is C20H16ClF3N2O. The zero-order chi connectivity index (χ0) is 19.4. The van der Waals surface area contributed by atoms with E-state index in [1.54, 1.807) is 30.3 Å². The van der Waals surface area contributed by atoms with Gasteiger partial charge in [0.1, 0.15) is 0 Å². The molecule has 3 aromatic rings. The number of nitrogens with zero attached hydrogens (tertiary/aromatic N) is 1. The lowest BCUT2D eigenvalue weighted by Gasteiger charge is -2.19. The van der Waals surface area contributed by atoms with Crippen molar-refractivity contribution in [1.29, 1.82) is 0 Å². The van der Waals surface area contributed by atoms with Gasteiger partial charge in [0.25, 0.3) is 5.56 Å². The van der Waals surface area contributed by atoms with Crippen LogP contribution in [0.25, 0.3) is 11.3 Å². The first-order valence-electron chi connectivity index (χ1n) is 8.18. The molecule has 0 bridgehead atoms. The number of halogens is 4.